The Hall–Kier alpha value is -1.20. The number of rotatable bonds is 7. The molecular weight excluding hydrogens is 262 g/mol. The zero-order valence-corrected chi connectivity index (χ0v) is 12.2. The highest BCUT2D eigenvalue weighted by molar-refractivity contribution is 7.84. The van der Waals surface area contributed by atoms with Crippen LogP contribution in [0, 0.1) is 5.92 Å². The number of hydrogen-bond donors (Lipinski definition) is 2. The van der Waals surface area contributed by atoms with Crippen LogP contribution in [0.4, 0.5) is 0 Å². The summed E-state index contributed by atoms with van der Waals surface area (Å²) >= 11 is 0. The zero-order valence-electron chi connectivity index (χ0n) is 11.4. The molecule has 106 valence electrons. The van der Waals surface area contributed by atoms with E-state index in [0.717, 1.165) is 5.56 Å². The first-order chi connectivity index (χ1) is 9.02. The van der Waals surface area contributed by atoms with Crippen molar-refractivity contribution in [3.05, 3.63) is 35.4 Å². The van der Waals surface area contributed by atoms with Gasteiger partial charge < -0.3 is 10.4 Å². The first-order valence-electron chi connectivity index (χ1n) is 6.36. The van der Waals surface area contributed by atoms with Gasteiger partial charge in [0.25, 0.3) is 5.91 Å². The Morgan fingerprint density at radius 3 is 2.79 bits per heavy atom. The van der Waals surface area contributed by atoms with Gasteiger partial charge in [0.1, 0.15) is 0 Å². The van der Waals surface area contributed by atoms with Crippen molar-refractivity contribution < 1.29 is 14.1 Å². The molecule has 1 atom stereocenters. The second-order valence-corrected chi connectivity index (χ2v) is 6.39. The number of carbonyl (C=O) groups excluding carboxylic acids is 1. The van der Waals surface area contributed by atoms with E-state index < -0.39 is 10.8 Å². The Morgan fingerprint density at radius 1 is 1.42 bits per heavy atom. The zero-order chi connectivity index (χ0) is 14.3. The summed E-state index contributed by atoms with van der Waals surface area (Å²) in [6.07, 6.45) is 0. The molecule has 0 spiro atoms. The van der Waals surface area contributed by atoms with Gasteiger partial charge in [-0.15, -0.1) is 0 Å². The molecule has 0 saturated heterocycles. The van der Waals surface area contributed by atoms with Crippen LogP contribution >= 0.6 is 0 Å². The summed E-state index contributed by atoms with van der Waals surface area (Å²) in [6.45, 7) is 4.63. The van der Waals surface area contributed by atoms with Crippen LogP contribution < -0.4 is 5.32 Å². The molecule has 5 heteroatoms. The molecule has 1 aromatic rings. The first kappa shape index (κ1) is 15.9. The standard InChI is InChI=1S/C14H21NO3S/c1-11(2)9-15-14(17)13-5-3-4-12(8-13)10-19(18)7-6-16/h3-5,8,11,16H,6-7,9-10H2,1-2H3,(H,15,17). The molecule has 0 bridgehead atoms. The van der Waals surface area contributed by atoms with E-state index in [4.69, 9.17) is 5.11 Å². The quantitative estimate of drug-likeness (QED) is 0.793. The van der Waals surface area contributed by atoms with Gasteiger partial charge in [0.2, 0.25) is 0 Å². The fourth-order valence-electron chi connectivity index (χ4n) is 1.56. The normalized spacial score (nSPS) is 12.4. The monoisotopic (exact) mass is 283 g/mol. The van der Waals surface area contributed by atoms with Crippen molar-refractivity contribution in [2.75, 3.05) is 18.9 Å². The van der Waals surface area contributed by atoms with Crippen LogP contribution in [-0.2, 0) is 16.6 Å². The van der Waals surface area contributed by atoms with Crippen LogP contribution in [-0.4, -0.2) is 34.1 Å². The summed E-state index contributed by atoms with van der Waals surface area (Å²) in [5, 5.41) is 11.6. The van der Waals surface area contributed by atoms with E-state index >= 15 is 0 Å². The predicted molar refractivity (Wildman–Crippen MR) is 77.4 cm³/mol. The van der Waals surface area contributed by atoms with Crippen LogP contribution in [0.1, 0.15) is 29.8 Å². The highest BCUT2D eigenvalue weighted by Crippen LogP contribution is 2.08. The number of carbonyl (C=O) groups is 1. The molecule has 1 unspecified atom stereocenters. The molecule has 0 aromatic heterocycles. The van der Waals surface area contributed by atoms with Crippen LogP contribution in [0.25, 0.3) is 0 Å². The largest absolute Gasteiger partial charge is 0.395 e. The summed E-state index contributed by atoms with van der Waals surface area (Å²) in [5.41, 5.74) is 1.43. The number of aliphatic hydroxyl groups is 1. The minimum Gasteiger partial charge on any atom is -0.395 e. The van der Waals surface area contributed by atoms with Crippen molar-refractivity contribution in [1.29, 1.82) is 0 Å². The molecule has 0 saturated carbocycles. The number of benzene rings is 1. The average molecular weight is 283 g/mol. The maximum absolute atomic E-state index is 11.9. The maximum Gasteiger partial charge on any atom is 0.251 e. The highest BCUT2D eigenvalue weighted by atomic mass is 32.2. The third-order valence-corrected chi connectivity index (χ3v) is 3.80. The molecule has 1 amide bonds. The summed E-state index contributed by atoms with van der Waals surface area (Å²) < 4.78 is 11.6. The molecule has 0 heterocycles. The molecule has 0 fully saturated rings. The van der Waals surface area contributed by atoms with Crippen molar-refractivity contribution in [2.24, 2.45) is 5.92 Å². The smallest absolute Gasteiger partial charge is 0.251 e. The number of hydrogen-bond acceptors (Lipinski definition) is 3. The highest BCUT2D eigenvalue weighted by Gasteiger charge is 2.08. The molecular formula is C14H21NO3S. The average Bonchev–Trinajstić information content (AvgIpc) is 2.36. The molecule has 1 aromatic carbocycles. The van der Waals surface area contributed by atoms with Crippen LogP contribution in [0.5, 0.6) is 0 Å². The van der Waals surface area contributed by atoms with Gasteiger partial charge in [-0.1, -0.05) is 26.0 Å². The van der Waals surface area contributed by atoms with Crippen molar-refractivity contribution in [2.45, 2.75) is 19.6 Å². The van der Waals surface area contributed by atoms with E-state index in [0.29, 0.717) is 23.8 Å². The van der Waals surface area contributed by atoms with E-state index in [1.807, 2.05) is 19.9 Å². The van der Waals surface area contributed by atoms with Gasteiger partial charge in [0, 0.05) is 34.4 Å². The molecule has 0 aliphatic rings. The maximum atomic E-state index is 11.9. The molecule has 19 heavy (non-hydrogen) atoms. The Balaban J connectivity index is 2.66. The third-order valence-electron chi connectivity index (χ3n) is 2.51. The van der Waals surface area contributed by atoms with E-state index in [-0.39, 0.29) is 18.3 Å². The van der Waals surface area contributed by atoms with Crippen LogP contribution in [0.15, 0.2) is 24.3 Å². The molecule has 4 nitrogen and oxygen atoms in total. The molecule has 2 N–H and O–H groups in total. The second-order valence-electron chi connectivity index (χ2n) is 4.82. The van der Waals surface area contributed by atoms with Crippen LogP contribution in [0.2, 0.25) is 0 Å². The van der Waals surface area contributed by atoms with Gasteiger partial charge in [-0.05, 0) is 23.6 Å². The van der Waals surface area contributed by atoms with E-state index in [9.17, 15) is 9.00 Å². The van der Waals surface area contributed by atoms with Gasteiger partial charge in [0.15, 0.2) is 0 Å². The Bertz CT molecular complexity index is 446. The van der Waals surface area contributed by atoms with Gasteiger partial charge in [0.05, 0.1) is 6.61 Å². The first-order valence-corrected chi connectivity index (χ1v) is 7.84. The third kappa shape index (κ3) is 5.98. The topological polar surface area (TPSA) is 66.4 Å². The minimum atomic E-state index is -1.09. The van der Waals surface area contributed by atoms with Crippen molar-refractivity contribution >= 4 is 16.7 Å². The van der Waals surface area contributed by atoms with E-state index in [1.54, 1.807) is 18.2 Å². The Kier molecular flexibility index (Phi) is 6.73. The molecule has 0 radical (unpaired) electrons. The second kappa shape index (κ2) is 8.07. The minimum absolute atomic E-state index is 0.0822. The molecule has 0 aliphatic heterocycles. The fraction of sp³-hybridized carbons (Fsp3) is 0.500. The summed E-state index contributed by atoms with van der Waals surface area (Å²) in [5.74, 6) is 0.933. The summed E-state index contributed by atoms with van der Waals surface area (Å²) in [4.78, 5) is 11.9. The lowest BCUT2D eigenvalue weighted by Gasteiger charge is -2.08. The summed E-state index contributed by atoms with van der Waals surface area (Å²) in [7, 11) is -1.09. The lowest BCUT2D eigenvalue weighted by molar-refractivity contribution is 0.0949. The van der Waals surface area contributed by atoms with Gasteiger partial charge >= 0.3 is 0 Å². The van der Waals surface area contributed by atoms with E-state index in [1.165, 1.54) is 0 Å². The number of amides is 1. The Morgan fingerprint density at radius 2 is 2.16 bits per heavy atom. The van der Waals surface area contributed by atoms with Gasteiger partial charge in [-0.3, -0.25) is 9.00 Å². The predicted octanol–water partition coefficient (Wildman–Crippen LogP) is 1.31. The van der Waals surface area contributed by atoms with Gasteiger partial charge in [-0.25, -0.2) is 0 Å². The fourth-order valence-corrected chi connectivity index (χ4v) is 2.46. The number of nitrogens with one attached hydrogen (secondary N) is 1. The molecule has 0 aliphatic carbocycles. The van der Waals surface area contributed by atoms with Crippen molar-refractivity contribution in [3.8, 4) is 0 Å². The van der Waals surface area contributed by atoms with Crippen molar-refractivity contribution in [3.63, 3.8) is 0 Å². The molecule has 1 rings (SSSR count). The lowest BCUT2D eigenvalue weighted by Crippen LogP contribution is -2.27. The van der Waals surface area contributed by atoms with E-state index in [2.05, 4.69) is 5.32 Å². The van der Waals surface area contributed by atoms with Crippen LogP contribution in [0.3, 0.4) is 0 Å². The lowest BCUT2D eigenvalue weighted by atomic mass is 10.1. The number of aliphatic hydroxyl groups excluding tert-OH is 1. The van der Waals surface area contributed by atoms with Crippen molar-refractivity contribution in [1.82, 2.24) is 5.32 Å². The van der Waals surface area contributed by atoms with Gasteiger partial charge in [-0.2, -0.15) is 0 Å². The summed E-state index contributed by atoms with van der Waals surface area (Å²) in [6, 6.07) is 7.13. The Labute approximate surface area is 116 Å². The SMILES string of the molecule is CC(C)CNC(=O)c1cccc(CS(=O)CCO)c1.